The van der Waals surface area contributed by atoms with Gasteiger partial charge in [-0.05, 0) is 24.3 Å². The van der Waals surface area contributed by atoms with Crippen molar-refractivity contribution >= 4 is 40.1 Å². The summed E-state index contributed by atoms with van der Waals surface area (Å²) in [4.78, 5) is 27.9. The fourth-order valence-corrected chi connectivity index (χ4v) is 3.74. The van der Waals surface area contributed by atoms with Gasteiger partial charge >= 0.3 is 0 Å². The minimum absolute atomic E-state index is 0.0311. The number of amides is 2. The van der Waals surface area contributed by atoms with Gasteiger partial charge in [-0.15, -0.1) is 0 Å². The number of quaternary nitrogens is 1. The summed E-state index contributed by atoms with van der Waals surface area (Å²) >= 11 is 6.08. The molecule has 1 fully saturated rings. The molecule has 1 aliphatic rings. The van der Waals surface area contributed by atoms with E-state index >= 15 is 0 Å². The average molecular weight is 414 g/mol. The monoisotopic (exact) mass is 413 g/mol. The molecular weight excluding hydrogens is 392 g/mol. The molecule has 7 nitrogen and oxygen atoms in total. The van der Waals surface area contributed by atoms with Crippen LogP contribution in [0.1, 0.15) is 5.69 Å². The second-order valence-corrected chi connectivity index (χ2v) is 7.54. The molecule has 4 rings (SSSR count). The van der Waals surface area contributed by atoms with Crippen LogP contribution in [-0.4, -0.2) is 54.6 Å². The molecule has 0 bridgehead atoms. The van der Waals surface area contributed by atoms with E-state index in [4.69, 9.17) is 16.1 Å². The highest BCUT2D eigenvalue weighted by molar-refractivity contribution is 6.33. The van der Waals surface area contributed by atoms with Crippen molar-refractivity contribution in [1.82, 2.24) is 10.1 Å². The number of para-hydroxylation sites is 2. The predicted octanol–water partition coefficient (Wildman–Crippen LogP) is 1.39. The summed E-state index contributed by atoms with van der Waals surface area (Å²) in [6.07, 6.45) is 0.222. The van der Waals surface area contributed by atoms with Crippen LogP contribution < -0.4 is 10.2 Å². The molecule has 2 heterocycles. The molecule has 8 heteroatoms. The molecule has 2 amide bonds. The molecule has 2 N–H and O–H groups in total. The normalized spacial score (nSPS) is 14.9. The number of benzene rings is 2. The number of hydrogen-bond acceptors (Lipinski definition) is 4. The molecular formula is C21H22ClN4O3+. The Kier molecular flexibility index (Phi) is 5.78. The molecule has 0 spiro atoms. The molecule has 29 heavy (non-hydrogen) atoms. The highest BCUT2D eigenvalue weighted by Crippen LogP contribution is 2.20. The van der Waals surface area contributed by atoms with Gasteiger partial charge in [0.05, 0.1) is 43.3 Å². The molecule has 3 aromatic rings. The number of carbonyl (C=O) groups is 2. The van der Waals surface area contributed by atoms with Crippen molar-refractivity contribution in [2.24, 2.45) is 0 Å². The van der Waals surface area contributed by atoms with Crippen LogP contribution >= 0.6 is 11.6 Å². The van der Waals surface area contributed by atoms with Crippen molar-refractivity contribution in [3.63, 3.8) is 0 Å². The van der Waals surface area contributed by atoms with Crippen LogP contribution in [-0.2, 0) is 16.0 Å². The summed E-state index contributed by atoms with van der Waals surface area (Å²) in [6, 6.07) is 14.7. The van der Waals surface area contributed by atoms with E-state index in [9.17, 15) is 9.59 Å². The topological polar surface area (TPSA) is 79.9 Å². The highest BCUT2D eigenvalue weighted by atomic mass is 35.5. The third-order valence-electron chi connectivity index (χ3n) is 5.15. The van der Waals surface area contributed by atoms with E-state index in [1.165, 1.54) is 0 Å². The number of carbonyl (C=O) groups excluding carboxylic acids is 2. The number of hydrogen-bond donors (Lipinski definition) is 2. The Labute approximate surface area is 173 Å². The number of piperazine rings is 1. The minimum Gasteiger partial charge on any atom is -0.356 e. The predicted molar refractivity (Wildman–Crippen MR) is 110 cm³/mol. The van der Waals surface area contributed by atoms with Crippen LogP contribution in [0.5, 0.6) is 0 Å². The Morgan fingerprint density at radius 2 is 1.83 bits per heavy atom. The molecule has 1 aliphatic heterocycles. The summed E-state index contributed by atoms with van der Waals surface area (Å²) < 4.78 is 5.28. The minimum atomic E-state index is -0.0815. The average Bonchev–Trinajstić information content (AvgIpc) is 3.13. The lowest BCUT2D eigenvalue weighted by atomic mass is 10.1. The van der Waals surface area contributed by atoms with Gasteiger partial charge in [-0.1, -0.05) is 41.0 Å². The van der Waals surface area contributed by atoms with Crippen molar-refractivity contribution in [3.8, 4) is 0 Å². The number of aromatic nitrogens is 1. The van der Waals surface area contributed by atoms with E-state index in [0.717, 1.165) is 23.4 Å². The van der Waals surface area contributed by atoms with Gasteiger partial charge in [0.25, 0.3) is 5.91 Å². The van der Waals surface area contributed by atoms with Crippen LogP contribution in [0.4, 0.5) is 5.69 Å². The van der Waals surface area contributed by atoms with Gasteiger partial charge in [0.2, 0.25) is 5.91 Å². The number of anilines is 1. The first-order chi connectivity index (χ1) is 14.1. The third-order valence-corrected chi connectivity index (χ3v) is 5.48. The van der Waals surface area contributed by atoms with E-state index in [0.29, 0.717) is 41.6 Å². The maximum absolute atomic E-state index is 12.7. The van der Waals surface area contributed by atoms with Gasteiger partial charge in [0, 0.05) is 5.39 Å². The number of nitrogens with zero attached hydrogens (tertiary/aromatic N) is 2. The summed E-state index contributed by atoms with van der Waals surface area (Å²) in [6.45, 7) is 3.02. The third kappa shape index (κ3) is 4.58. The number of halogens is 1. The van der Waals surface area contributed by atoms with Crippen LogP contribution in [0, 0.1) is 0 Å². The van der Waals surface area contributed by atoms with Crippen molar-refractivity contribution in [2.45, 2.75) is 6.42 Å². The summed E-state index contributed by atoms with van der Waals surface area (Å²) in [5, 5.41) is 8.28. The Bertz CT molecular complexity index is 1030. The maximum atomic E-state index is 12.7. The van der Waals surface area contributed by atoms with E-state index in [-0.39, 0.29) is 18.2 Å². The highest BCUT2D eigenvalue weighted by Gasteiger charge is 2.26. The molecule has 0 atom stereocenters. The van der Waals surface area contributed by atoms with Crippen molar-refractivity contribution in [1.29, 1.82) is 0 Å². The maximum Gasteiger partial charge on any atom is 0.279 e. The quantitative estimate of drug-likeness (QED) is 0.662. The number of nitrogens with one attached hydrogen (secondary N) is 2. The van der Waals surface area contributed by atoms with E-state index in [1.807, 2.05) is 41.3 Å². The zero-order valence-corrected chi connectivity index (χ0v) is 16.6. The lowest BCUT2D eigenvalue weighted by molar-refractivity contribution is -0.895. The molecule has 1 saturated heterocycles. The number of fused-ring (bicyclic) bond motifs is 1. The molecule has 0 aliphatic carbocycles. The Hall–Kier alpha value is -2.90. The van der Waals surface area contributed by atoms with Gasteiger partial charge < -0.3 is 19.6 Å². The van der Waals surface area contributed by atoms with E-state index in [2.05, 4.69) is 10.5 Å². The fourth-order valence-electron chi connectivity index (χ4n) is 3.55. The standard InChI is InChI=1S/C21H21ClN4O3/c22-16-6-2-3-7-17(16)23-20(27)14-25-9-11-26(12-10-25)21(28)13-18-15-5-1-4-8-19(15)29-24-18/h1-8H,9-14H2,(H,23,27)/p+1. The zero-order valence-electron chi connectivity index (χ0n) is 15.9. The largest absolute Gasteiger partial charge is 0.356 e. The first-order valence-corrected chi connectivity index (χ1v) is 9.97. The van der Waals surface area contributed by atoms with Crippen LogP contribution in [0.3, 0.4) is 0 Å². The second-order valence-electron chi connectivity index (χ2n) is 7.14. The Morgan fingerprint density at radius 1 is 1.10 bits per heavy atom. The molecule has 150 valence electrons. The summed E-state index contributed by atoms with van der Waals surface area (Å²) in [7, 11) is 0. The Morgan fingerprint density at radius 3 is 2.62 bits per heavy atom. The van der Waals surface area contributed by atoms with Gasteiger partial charge in [-0.3, -0.25) is 9.59 Å². The smallest absolute Gasteiger partial charge is 0.279 e. The summed E-state index contributed by atoms with van der Waals surface area (Å²) in [5.74, 6) is -0.0504. The summed E-state index contributed by atoms with van der Waals surface area (Å²) in [5.41, 5.74) is 1.97. The van der Waals surface area contributed by atoms with Crippen LogP contribution in [0.2, 0.25) is 5.02 Å². The lowest BCUT2D eigenvalue weighted by Gasteiger charge is -2.31. The molecule has 1 aromatic heterocycles. The van der Waals surface area contributed by atoms with Gasteiger partial charge in [0.15, 0.2) is 12.1 Å². The SMILES string of the molecule is O=C(C[NH+]1CCN(C(=O)Cc2noc3ccccc23)CC1)Nc1ccccc1Cl. The van der Waals surface area contributed by atoms with Crippen LogP contribution in [0.25, 0.3) is 11.0 Å². The second kappa shape index (κ2) is 8.63. The zero-order chi connectivity index (χ0) is 20.2. The van der Waals surface area contributed by atoms with Gasteiger partial charge in [-0.25, -0.2) is 0 Å². The van der Waals surface area contributed by atoms with E-state index in [1.54, 1.807) is 12.1 Å². The van der Waals surface area contributed by atoms with Crippen molar-refractivity contribution < 1.29 is 19.0 Å². The Balaban J connectivity index is 1.27. The van der Waals surface area contributed by atoms with Crippen molar-refractivity contribution in [3.05, 3.63) is 59.2 Å². The van der Waals surface area contributed by atoms with E-state index < -0.39 is 0 Å². The first-order valence-electron chi connectivity index (χ1n) is 9.59. The van der Waals surface area contributed by atoms with Gasteiger partial charge in [0.1, 0.15) is 5.69 Å². The molecule has 0 saturated carbocycles. The number of rotatable bonds is 5. The van der Waals surface area contributed by atoms with Crippen LogP contribution in [0.15, 0.2) is 53.1 Å². The lowest BCUT2D eigenvalue weighted by Crippen LogP contribution is -3.15. The molecule has 0 radical (unpaired) electrons. The van der Waals surface area contributed by atoms with Crippen molar-refractivity contribution in [2.75, 3.05) is 38.0 Å². The molecule has 2 aromatic carbocycles. The molecule has 0 unspecified atom stereocenters. The fraction of sp³-hybridized carbons (Fsp3) is 0.286. The first kappa shape index (κ1) is 19.4. The van der Waals surface area contributed by atoms with Gasteiger partial charge in [-0.2, -0.15) is 0 Å².